The normalized spacial score (nSPS) is 18.1. The summed E-state index contributed by atoms with van der Waals surface area (Å²) in [4.78, 5) is 2.08. The van der Waals surface area contributed by atoms with Gasteiger partial charge in [0, 0.05) is 23.2 Å². The van der Waals surface area contributed by atoms with Gasteiger partial charge in [-0.2, -0.15) is 24.5 Å². The molecule has 0 amide bonds. The molecule has 0 aliphatic carbocycles. The molecule has 2 heterocycles. The second-order valence-corrected chi connectivity index (χ2v) is 5.96. The molecular weight excluding hydrogens is 307 g/mol. The molecular formula is C17H14F3NS. The van der Waals surface area contributed by atoms with Gasteiger partial charge in [0.05, 0.1) is 11.6 Å². The van der Waals surface area contributed by atoms with Crippen LogP contribution >= 0.6 is 11.3 Å². The van der Waals surface area contributed by atoms with Crippen LogP contribution in [0.15, 0.2) is 41.1 Å². The van der Waals surface area contributed by atoms with E-state index in [9.17, 15) is 13.2 Å². The molecule has 1 aromatic heterocycles. The summed E-state index contributed by atoms with van der Waals surface area (Å²) >= 11 is 1.60. The summed E-state index contributed by atoms with van der Waals surface area (Å²) in [5, 5.41) is 3.97. The highest BCUT2D eigenvalue weighted by molar-refractivity contribution is 7.08. The van der Waals surface area contributed by atoms with E-state index in [1.165, 1.54) is 12.1 Å². The monoisotopic (exact) mass is 321 g/mol. The van der Waals surface area contributed by atoms with Crippen LogP contribution in [0, 0.1) is 11.8 Å². The van der Waals surface area contributed by atoms with Crippen molar-refractivity contribution in [2.45, 2.75) is 25.1 Å². The first kappa shape index (κ1) is 15.0. The van der Waals surface area contributed by atoms with Crippen molar-refractivity contribution < 1.29 is 13.2 Å². The van der Waals surface area contributed by atoms with E-state index in [0.29, 0.717) is 0 Å². The van der Waals surface area contributed by atoms with Gasteiger partial charge in [-0.25, -0.2) is 0 Å². The Balaban J connectivity index is 1.78. The Morgan fingerprint density at radius 1 is 1.14 bits per heavy atom. The van der Waals surface area contributed by atoms with Crippen molar-refractivity contribution in [3.05, 3.63) is 52.2 Å². The summed E-state index contributed by atoms with van der Waals surface area (Å²) in [5.74, 6) is 6.38. The van der Waals surface area contributed by atoms with Crippen molar-refractivity contribution in [3.8, 4) is 11.8 Å². The Morgan fingerprint density at radius 2 is 1.91 bits per heavy atom. The van der Waals surface area contributed by atoms with Crippen molar-refractivity contribution >= 4 is 17.0 Å². The third-order valence-corrected chi connectivity index (χ3v) is 4.37. The first-order chi connectivity index (χ1) is 10.5. The van der Waals surface area contributed by atoms with Gasteiger partial charge < -0.3 is 4.90 Å². The molecule has 1 aromatic carbocycles. The average molecular weight is 321 g/mol. The molecule has 3 rings (SSSR count). The van der Waals surface area contributed by atoms with Crippen LogP contribution in [0.2, 0.25) is 0 Å². The summed E-state index contributed by atoms with van der Waals surface area (Å²) < 4.78 is 37.8. The van der Waals surface area contributed by atoms with Crippen molar-refractivity contribution in [2.24, 2.45) is 0 Å². The smallest absolute Gasteiger partial charge is 0.358 e. The van der Waals surface area contributed by atoms with Crippen molar-refractivity contribution in [1.29, 1.82) is 0 Å². The van der Waals surface area contributed by atoms with Crippen LogP contribution in [0.5, 0.6) is 0 Å². The number of nitrogens with zero attached hydrogens (tertiary/aromatic N) is 1. The molecule has 1 aliphatic rings. The molecule has 114 valence electrons. The third-order valence-electron chi connectivity index (χ3n) is 3.68. The van der Waals surface area contributed by atoms with E-state index in [-0.39, 0.29) is 6.04 Å². The van der Waals surface area contributed by atoms with E-state index < -0.39 is 11.7 Å². The number of rotatable bonds is 1. The number of hydrogen-bond donors (Lipinski definition) is 0. The topological polar surface area (TPSA) is 3.24 Å². The largest absolute Gasteiger partial charge is 0.416 e. The maximum atomic E-state index is 12.6. The molecule has 0 bridgehead atoms. The van der Waals surface area contributed by atoms with E-state index in [0.717, 1.165) is 42.8 Å². The lowest BCUT2D eigenvalue weighted by Crippen LogP contribution is -2.27. The molecule has 0 spiro atoms. The fourth-order valence-electron chi connectivity index (χ4n) is 2.57. The van der Waals surface area contributed by atoms with Crippen LogP contribution < -0.4 is 4.90 Å². The molecule has 0 radical (unpaired) electrons. The molecule has 0 saturated carbocycles. The second kappa shape index (κ2) is 6.05. The zero-order chi connectivity index (χ0) is 15.6. The highest BCUT2D eigenvalue weighted by Crippen LogP contribution is 2.32. The average Bonchev–Trinajstić information content (AvgIpc) is 3.16. The number of alkyl halides is 3. The van der Waals surface area contributed by atoms with E-state index >= 15 is 0 Å². The van der Waals surface area contributed by atoms with Gasteiger partial charge in [0.1, 0.15) is 0 Å². The summed E-state index contributed by atoms with van der Waals surface area (Å²) in [6, 6.07) is 7.38. The van der Waals surface area contributed by atoms with Crippen LogP contribution in [0.3, 0.4) is 0 Å². The second-order valence-electron chi connectivity index (χ2n) is 5.18. The van der Waals surface area contributed by atoms with E-state index in [1.54, 1.807) is 11.3 Å². The van der Waals surface area contributed by atoms with Gasteiger partial charge in [-0.1, -0.05) is 11.8 Å². The quantitative estimate of drug-likeness (QED) is 0.683. The standard InChI is InChI=1S/C17H14F3NS/c18-17(19,20)14-4-7-16(8-5-14)21-10-1-2-15(21)6-3-13-9-11-22-12-13/h4-5,7-9,11-12,15H,1-2,10H2. The van der Waals surface area contributed by atoms with Gasteiger partial charge in [-0.3, -0.25) is 0 Å². The molecule has 2 aromatic rings. The minimum atomic E-state index is -4.29. The van der Waals surface area contributed by atoms with Crippen molar-refractivity contribution in [3.63, 3.8) is 0 Å². The van der Waals surface area contributed by atoms with Gasteiger partial charge in [-0.15, -0.1) is 0 Å². The van der Waals surface area contributed by atoms with Crippen LogP contribution in [0.1, 0.15) is 24.0 Å². The number of anilines is 1. The zero-order valence-electron chi connectivity index (χ0n) is 11.7. The minimum absolute atomic E-state index is 0.0663. The fourth-order valence-corrected chi connectivity index (χ4v) is 3.16. The molecule has 1 atom stereocenters. The van der Waals surface area contributed by atoms with Crippen LogP contribution in [0.25, 0.3) is 0 Å². The Bertz CT molecular complexity index is 677. The lowest BCUT2D eigenvalue weighted by atomic mass is 10.1. The Kier molecular flexibility index (Phi) is 4.12. The number of hydrogen-bond acceptors (Lipinski definition) is 2. The number of thiophene rings is 1. The summed E-state index contributed by atoms with van der Waals surface area (Å²) in [6.07, 6.45) is -2.34. The summed E-state index contributed by atoms with van der Waals surface area (Å²) in [5.41, 5.74) is 1.18. The van der Waals surface area contributed by atoms with E-state index in [4.69, 9.17) is 0 Å². The van der Waals surface area contributed by atoms with E-state index in [1.807, 2.05) is 16.8 Å². The fraction of sp³-hybridized carbons (Fsp3) is 0.294. The lowest BCUT2D eigenvalue weighted by molar-refractivity contribution is -0.137. The maximum Gasteiger partial charge on any atom is 0.416 e. The highest BCUT2D eigenvalue weighted by Gasteiger charge is 2.30. The summed E-state index contributed by atoms with van der Waals surface area (Å²) in [7, 11) is 0. The molecule has 22 heavy (non-hydrogen) atoms. The van der Waals surface area contributed by atoms with E-state index in [2.05, 4.69) is 16.7 Å². The van der Waals surface area contributed by atoms with Crippen molar-refractivity contribution in [2.75, 3.05) is 11.4 Å². The van der Waals surface area contributed by atoms with Gasteiger partial charge >= 0.3 is 6.18 Å². The zero-order valence-corrected chi connectivity index (χ0v) is 12.5. The molecule has 0 N–H and O–H groups in total. The predicted molar refractivity (Wildman–Crippen MR) is 83.0 cm³/mol. The molecule has 1 aliphatic heterocycles. The Labute approximate surface area is 131 Å². The molecule has 1 saturated heterocycles. The van der Waals surface area contributed by atoms with Gasteiger partial charge in [0.25, 0.3) is 0 Å². The maximum absolute atomic E-state index is 12.6. The number of halogens is 3. The molecule has 1 nitrogen and oxygen atoms in total. The first-order valence-corrected chi connectivity index (χ1v) is 7.96. The molecule has 1 fully saturated rings. The van der Waals surface area contributed by atoms with Crippen LogP contribution in [-0.4, -0.2) is 12.6 Å². The summed E-state index contributed by atoms with van der Waals surface area (Å²) in [6.45, 7) is 0.828. The van der Waals surface area contributed by atoms with Gasteiger partial charge in [-0.05, 0) is 48.6 Å². The van der Waals surface area contributed by atoms with Crippen LogP contribution in [-0.2, 0) is 6.18 Å². The third kappa shape index (κ3) is 3.28. The molecule has 5 heteroatoms. The highest BCUT2D eigenvalue weighted by atomic mass is 32.1. The SMILES string of the molecule is FC(F)(F)c1ccc(N2CCCC2C#Cc2ccsc2)cc1. The van der Waals surface area contributed by atoms with Gasteiger partial charge in [0.15, 0.2) is 0 Å². The minimum Gasteiger partial charge on any atom is -0.358 e. The van der Waals surface area contributed by atoms with Crippen LogP contribution in [0.4, 0.5) is 18.9 Å². The number of benzene rings is 1. The first-order valence-electron chi connectivity index (χ1n) is 7.02. The Morgan fingerprint density at radius 3 is 2.55 bits per heavy atom. The van der Waals surface area contributed by atoms with Crippen molar-refractivity contribution in [1.82, 2.24) is 0 Å². The van der Waals surface area contributed by atoms with Gasteiger partial charge in [0.2, 0.25) is 0 Å². The Hall–Kier alpha value is -1.93. The molecule has 1 unspecified atom stereocenters. The lowest BCUT2D eigenvalue weighted by Gasteiger charge is -2.23. The predicted octanol–water partition coefficient (Wildman–Crippen LogP) is 4.79.